The van der Waals surface area contributed by atoms with Gasteiger partial charge in [0.15, 0.2) is 5.78 Å². The van der Waals surface area contributed by atoms with Crippen LogP contribution in [-0.2, 0) is 4.84 Å². The Labute approximate surface area is 241 Å². The maximum Gasteiger partial charge on any atom is 0.336 e. The van der Waals surface area contributed by atoms with Crippen molar-refractivity contribution in [1.82, 2.24) is 25.0 Å². The standard InChI is InChI=1S/C9H12N2O2.C8H9NO.C7H7NO2.C7H9N/c1-7-6-10-5-4-8(7)9(12)11(2)13-3;1-6-5-9-4-3-8(6)7(2)10;1-5-4-8-3-2-6(5)7(9)10;1-6-3-4-8-5-7(6)2/h4-6H,1-3H3;3-5H,1-2H3;2-4H,1H3,(H,9,10);3-5H,1-2H3. The van der Waals surface area contributed by atoms with Crippen molar-refractivity contribution in [2.45, 2.75) is 41.5 Å². The van der Waals surface area contributed by atoms with Crippen molar-refractivity contribution in [2.75, 3.05) is 14.2 Å². The number of amides is 1. The summed E-state index contributed by atoms with van der Waals surface area (Å²) in [6.07, 6.45) is 13.2. The zero-order valence-electron chi connectivity index (χ0n) is 24.7. The molecule has 1 amide bonds. The van der Waals surface area contributed by atoms with Gasteiger partial charge in [-0.2, -0.15) is 0 Å². The third-order valence-corrected chi connectivity index (χ3v) is 5.76. The number of nitrogens with zero attached hydrogens (tertiary/aromatic N) is 5. The molecule has 0 fully saturated rings. The van der Waals surface area contributed by atoms with Crippen LogP contribution in [0.3, 0.4) is 0 Å². The summed E-state index contributed by atoms with van der Waals surface area (Å²) in [5, 5.41) is 9.72. The summed E-state index contributed by atoms with van der Waals surface area (Å²) in [7, 11) is 3.02. The van der Waals surface area contributed by atoms with Crippen LogP contribution in [0.25, 0.3) is 0 Å². The van der Waals surface area contributed by atoms with Crippen molar-refractivity contribution in [2.24, 2.45) is 0 Å². The first-order valence-corrected chi connectivity index (χ1v) is 12.6. The van der Waals surface area contributed by atoms with Gasteiger partial charge in [0.25, 0.3) is 5.91 Å². The van der Waals surface area contributed by atoms with Crippen molar-refractivity contribution in [3.8, 4) is 0 Å². The van der Waals surface area contributed by atoms with E-state index in [-0.39, 0.29) is 11.7 Å². The second-order valence-electron chi connectivity index (χ2n) is 8.88. The van der Waals surface area contributed by atoms with Crippen LogP contribution < -0.4 is 0 Å². The number of aromatic carboxylic acids is 1. The number of carboxylic acid groups (broad SMARTS) is 1. The highest BCUT2D eigenvalue weighted by Gasteiger charge is 2.12. The van der Waals surface area contributed by atoms with Crippen molar-refractivity contribution < 1.29 is 24.3 Å². The van der Waals surface area contributed by atoms with Crippen LogP contribution in [0.4, 0.5) is 0 Å². The number of aromatic nitrogens is 4. The third-order valence-electron chi connectivity index (χ3n) is 5.76. The van der Waals surface area contributed by atoms with Crippen LogP contribution in [0.1, 0.15) is 65.8 Å². The fourth-order valence-electron chi connectivity index (χ4n) is 3.09. The molecule has 0 aliphatic carbocycles. The summed E-state index contributed by atoms with van der Waals surface area (Å²) in [6.45, 7) is 11.1. The Hall–Kier alpha value is -4.83. The van der Waals surface area contributed by atoms with Gasteiger partial charge in [-0.05, 0) is 93.6 Å². The predicted octanol–water partition coefficient (Wildman–Crippen LogP) is 5.40. The molecule has 0 bridgehead atoms. The monoisotopic (exact) mass is 559 g/mol. The smallest absolute Gasteiger partial charge is 0.336 e. The van der Waals surface area contributed by atoms with Gasteiger partial charge in [0.1, 0.15) is 0 Å². The van der Waals surface area contributed by atoms with E-state index in [0.29, 0.717) is 16.7 Å². The number of carboxylic acids is 1. The van der Waals surface area contributed by atoms with E-state index in [9.17, 15) is 14.4 Å². The van der Waals surface area contributed by atoms with Crippen LogP contribution in [0, 0.1) is 34.6 Å². The van der Waals surface area contributed by atoms with Crippen molar-refractivity contribution in [3.63, 3.8) is 0 Å². The van der Waals surface area contributed by atoms with Gasteiger partial charge in [-0.3, -0.25) is 34.4 Å². The topological polar surface area (TPSA) is 135 Å². The number of Topliss-reactive ketones (excluding diaryl/α,β-unsaturated/α-hetero) is 1. The van der Waals surface area contributed by atoms with Crippen molar-refractivity contribution in [3.05, 3.63) is 118 Å². The minimum absolute atomic E-state index is 0.0971. The summed E-state index contributed by atoms with van der Waals surface area (Å²) in [5.74, 6) is -0.970. The lowest BCUT2D eigenvalue weighted by molar-refractivity contribution is -0.0757. The van der Waals surface area contributed by atoms with Gasteiger partial charge in [0.2, 0.25) is 0 Å². The number of aryl methyl sites for hydroxylation is 5. The lowest BCUT2D eigenvalue weighted by Gasteiger charge is -2.14. The number of hydrogen-bond donors (Lipinski definition) is 1. The molecule has 0 saturated carbocycles. The highest BCUT2D eigenvalue weighted by molar-refractivity contribution is 5.95. The Morgan fingerprint density at radius 1 is 0.634 bits per heavy atom. The van der Waals surface area contributed by atoms with Crippen LogP contribution in [0.2, 0.25) is 0 Å². The molecule has 0 aliphatic rings. The van der Waals surface area contributed by atoms with E-state index < -0.39 is 5.97 Å². The first kappa shape index (κ1) is 34.2. The molecule has 0 aliphatic heterocycles. The van der Waals surface area contributed by atoms with Crippen LogP contribution in [0.5, 0.6) is 0 Å². The molecule has 4 rings (SSSR count). The van der Waals surface area contributed by atoms with E-state index in [2.05, 4.69) is 33.8 Å². The van der Waals surface area contributed by atoms with Crippen molar-refractivity contribution >= 4 is 17.7 Å². The fraction of sp³-hybridized carbons (Fsp3) is 0.258. The molecule has 4 heterocycles. The average Bonchev–Trinajstić information content (AvgIpc) is 2.95. The molecule has 4 aromatic heterocycles. The molecule has 10 heteroatoms. The maximum absolute atomic E-state index is 11.6. The zero-order chi connectivity index (χ0) is 30.9. The molecule has 41 heavy (non-hydrogen) atoms. The lowest BCUT2D eigenvalue weighted by Crippen LogP contribution is -2.26. The van der Waals surface area contributed by atoms with E-state index >= 15 is 0 Å². The number of hydroxylamine groups is 2. The van der Waals surface area contributed by atoms with Gasteiger partial charge in [0, 0.05) is 67.7 Å². The predicted molar refractivity (Wildman–Crippen MR) is 157 cm³/mol. The number of ketones is 1. The number of carbonyl (C=O) groups excluding carboxylic acids is 2. The molecule has 0 aromatic carbocycles. The average molecular weight is 560 g/mol. The lowest BCUT2D eigenvalue weighted by atomic mass is 10.1. The normalized spacial score (nSPS) is 9.46. The van der Waals surface area contributed by atoms with Crippen molar-refractivity contribution in [1.29, 1.82) is 0 Å². The quantitative estimate of drug-likeness (QED) is 0.257. The molecular weight excluding hydrogens is 522 g/mol. The summed E-state index contributed by atoms with van der Waals surface area (Å²) >= 11 is 0. The highest BCUT2D eigenvalue weighted by Crippen LogP contribution is 2.08. The molecule has 0 atom stereocenters. The summed E-state index contributed by atoms with van der Waals surface area (Å²) in [4.78, 5) is 53.1. The van der Waals surface area contributed by atoms with E-state index in [0.717, 1.165) is 16.7 Å². The van der Waals surface area contributed by atoms with Gasteiger partial charge < -0.3 is 5.11 Å². The maximum atomic E-state index is 11.6. The van der Waals surface area contributed by atoms with Gasteiger partial charge >= 0.3 is 5.97 Å². The van der Waals surface area contributed by atoms with Gasteiger partial charge in [-0.1, -0.05) is 0 Å². The van der Waals surface area contributed by atoms with Gasteiger partial charge in [-0.25, -0.2) is 9.86 Å². The first-order chi connectivity index (χ1) is 19.4. The van der Waals surface area contributed by atoms with Crippen LogP contribution in [-0.4, -0.2) is 61.9 Å². The Morgan fingerprint density at radius 3 is 1.29 bits per heavy atom. The van der Waals surface area contributed by atoms with Crippen LogP contribution >= 0.6 is 0 Å². The second-order valence-corrected chi connectivity index (χ2v) is 8.88. The second kappa shape index (κ2) is 17.7. The van der Waals surface area contributed by atoms with E-state index in [4.69, 9.17) is 9.94 Å². The summed E-state index contributed by atoms with van der Waals surface area (Å²) in [5.41, 5.74) is 6.72. The fourth-order valence-corrected chi connectivity index (χ4v) is 3.09. The summed E-state index contributed by atoms with van der Waals surface area (Å²) in [6, 6.07) is 6.90. The molecule has 0 saturated heterocycles. The molecule has 0 spiro atoms. The molecule has 0 radical (unpaired) electrons. The molecule has 0 unspecified atom stereocenters. The first-order valence-electron chi connectivity index (χ1n) is 12.6. The summed E-state index contributed by atoms with van der Waals surface area (Å²) < 4.78 is 0. The Morgan fingerprint density at radius 2 is 1.02 bits per heavy atom. The minimum atomic E-state index is -0.903. The molecule has 10 nitrogen and oxygen atoms in total. The van der Waals surface area contributed by atoms with E-state index in [1.54, 1.807) is 57.8 Å². The van der Waals surface area contributed by atoms with E-state index in [1.165, 1.54) is 41.8 Å². The van der Waals surface area contributed by atoms with Crippen LogP contribution in [0.15, 0.2) is 73.8 Å². The molecule has 4 aromatic rings. The van der Waals surface area contributed by atoms with Gasteiger partial charge in [-0.15, -0.1) is 0 Å². The molecular formula is C31H37N5O5. The number of carbonyl (C=O) groups is 3. The number of pyridine rings is 4. The SMILES string of the molecule is CC(=O)c1ccncc1C.CON(C)C(=O)c1ccncc1C.Cc1ccncc1C.Cc1cnccc1C(=O)O. The molecule has 216 valence electrons. The minimum Gasteiger partial charge on any atom is -0.478 e. The third kappa shape index (κ3) is 11.8. The van der Waals surface area contributed by atoms with E-state index in [1.807, 2.05) is 32.3 Å². The largest absolute Gasteiger partial charge is 0.478 e. The Kier molecular flexibility index (Phi) is 14.8. The molecule has 1 N–H and O–H groups in total. The Balaban J connectivity index is 0.000000277. The Bertz CT molecular complexity index is 1370. The highest BCUT2D eigenvalue weighted by atomic mass is 16.7. The van der Waals surface area contributed by atoms with Gasteiger partial charge in [0.05, 0.1) is 12.7 Å². The number of rotatable bonds is 4. The zero-order valence-corrected chi connectivity index (χ0v) is 24.7. The number of hydrogen-bond acceptors (Lipinski definition) is 8.